The normalized spacial score (nSPS) is 15.9. The maximum absolute atomic E-state index is 13.0. The van der Waals surface area contributed by atoms with Crippen molar-refractivity contribution in [1.29, 1.82) is 0 Å². The molecule has 0 spiro atoms. The molecule has 0 radical (unpaired) electrons. The maximum Gasteiger partial charge on any atom is 0.270 e. The van der Waals surface area contributed by atoms with Gasteiger partial charge in [0.15, 0.2) is 4.32 Å². The summed E-state index contributed by atoms with van der Waals surface area (Å²) in [6.07, 6.45) is 1.87. The third kappa shape index (κ3) is 4.42. The number of thiocarbonyl (C=S) groups is 1. The van der Waals surface area contributed by atoms with E-state index in [0.29, 0.717) is 21.8 Å². The van der Waals surface area contributed by atoms with Crippen molar-refractivity contribution < 1.29 is 9.53 Å². The Morgan fingerprint density at radius 3 is 2.59 bits per heavy atom. The van der Waals surface area contributed by atoms with Crippen LogP contribution in [0.5, 0.6) is 5.75 Å². The lowest BCUT2D eigenvalue weighted by atomic mass is 10.1. The minimum atomic E-state index is -0.0908. The number of aryl methyl sites for hydroxylation is 2. The van der Waals surface area contributed by atoms with Gasteiger partial charge < -0.3 is 4.74 Å². The Labute approximate surface area is 170 Å². The summed E-state index contributed by atoms with van der Waals surface area (Å²) in [4.78, 5) is 15.2. The fourth-order valence-corrected chi connectivity index (χ4v) is 3.97. The molecule has 1 saturated heterocycles. The average Bonchev–Trinajstić information content (AvgIpc) is 2.90. The zero-order valence-electron chi connectivity index (χ0n) is 16.0. The lowest BCUT2D eigenvalue weighted by Crippen LogP contribution is -2.27. The molecule has 0 aliphatic carbocycles. The van der Waals surface area contributed by atoms with E-state index in [-0.39, 0.29) is 5.91 Å². The molecule has 1 fully saturated rings. The minimum Gasteiger partial charge on any atom is -0.493 e. The van der Waals surface area contributed by atoms with Crippen LogP contribution in [0.2, 0.25) is 0 Å². The van der Waals surface area contributed by atoms with Gasteiger partial charge in [0.25, 0.3) is 5.91 Å². The highest BCUT2D eigenvalue weighted by molar-refractivity contribution is 8.27. The number of thioether (sulfide) groups is 1. The van der Waals surface area contributed by atoms with Gasteiger partial charge >= 0.3 is 0 Å². The van der Waals surface area contributed by atoms with Gasteiger partial charge in [-0.25, -0.2) is 0 Å². The molecule has 0 saturated carbocycles. The second kappa shape index (κ2) is 8.28. The number of carbonyl (C=O) groups excluding carboxylic acids is 1. The van der Waals surface area contributed by atoms with E-state index in [1.54, 1.807) is 4.90 Å². The fraction of sp³-hybridized carbons (Fsp3) is 0.273. The van der Waals surface area contributed by atoms with Crippen molar-refractivity contribution in [2.24, 2.45) is 5.92 Å². The van der Waals surface area contributed by atoms with Crippen molar-refractivity contribution >= 4 is 46.0 Å². The molecule has 0 bridgehead atoms. The third-order valence-corrected chi connectivity index (χ3v) is 5.62. The predicted octanol–water partition coefficient (Wildman–Crippen LogP) is 5.74. The fourth-order valence-electron chi connectivity index (χ4n) is 2.68. The monoisotopic (exact) mass is 397 g/mol. The van der Waals surface area contributed by atoms with Gasteiger partial charge in [-0.3, -0.25) is 9.69 Å². The van der Waals surface area contributed by atoms with Crippen molar-refractivity contribution in [1.82, 2.24) is 0 Å². The SMILES string of the molecule is Cc1ccc(N2C(=O)/C(=C/c3ccccc3OCC(C)C)SC2=S)cc1C. The number of hydrogen-bond acceptors (Lipinski definition) is 4. The quantitative estimate of drug-likeness (QED) is 0.475. The standard InChI is InChI=1S/C22H23NO2S2/c1-14(2)13-25-19-8-6-5-7-17(19)12-20-21(24)23(22(26)27-20)18-10-9-15(3)16(4)11-18/h5-12,14H,13H2,1-4H3/b20-12-. The van der Waals surface area contributed by atoms with Gasteiger partial charge in [0.2, 0.25) is 0 Å². The van der Waals surface area contributed by atoms with Crippen LogP contribution in [-0.2, 0) is 4.79 Å². The first-order valence-corrected chi connectivity index (χ1v) is 10.2. The Kier molecular flexibility index (Phi) is 6.02. The molecule has 2 aromatic carbocycles. The lowest BCUT2D eigenvalue weighted by molar-refractivity contribution is -0.113. The van der Waals surface area contributed by atoms with Gasteiger partial charge in [-0.15, -0.1) is 0 Å². The molecule has 1 aliphatic rings. The molecule has 1 heterocycles. The second-order valence-corrected chi connectivity index (χ2v) is 8.70. The molecule has 3 nitrogen and oxygen atoms in total. The van der Waals surface area contributed by atoms with E-state index in [1.165, 1.54) is 17.3 Å². The molecule has 27 heavy (non-hydrogen) atoms. The van der Waals surface area contributed by atoms with Crippen LogP contribution < -0.4 is 9.64 Å². The Bertz CT molecular complexity index is 918. The highest BCUT2D eigenvalue weighted by atomic mass is 32.2. The van der Waals surface area contributed by atoms with Crippen LogP contribution >= 0.6 is 24.0 Å². The molecule has 5 heteroatoms. The van der Waals surface area contributed by atoms with E-state index in [2.05, 4.69) is 20.8 Å². The number of para-hydroxylation sites is 1. The lowest BCUT2D eigenvalue weighted by Gasteiger charge is -2.16. The number of carbonyl (C=O) groups is 1. The van der Waals surface area contributed by atoms with E-state index < -0.39 is 0 Å². The maximum atomic E-state index is 13.0. The molecule has 0 N–H and O–H groups in total. The Hall–Kier alpha value is -2.11. The summed E-state index contributed by atoms with van der Waals surface area (Å²) < 4.78 is 6.45. The minimum absolute atomic E-state index is 0.0908. The van der Waals surface area contributed by atoms with E-state index in [4.69, 9.17) is 17.0 Å². The van der Waals surface area contributed by atoms with Gasteiger partial charge in [0.1, 0.15) is 5.75 Å². The van der Waals surface area contributed by atoms with E-state index in [1.807, 2.05) is 55.5 Å². The summed E-state index contributed by atoms with van der Waals surface area (Å²) in [5.41, 5.74) is 4.03. The highest BCUT2D eigenvalue weighted by Crippen LogP contribution is 2.37. The summed E-state index contributed by atoms with van der Waals surface area (Å²) in [6, 6.07) is 13.7. The predicted molar refractivity (Wildman–Crippen MR) is 118 cm³/mol. The van der Waals surface area contributed by atoms with Crippen LogP contribution in [-0.4, -0.2) is 16.8 Å². The largest absolute Gasteiger partial charge is 0.493 e. The average molecular weight is 398 g/mol. The molecule has 1 amide bonds. The molecule has 0 unspecified atom stereocenters. The number of ether oxygens (including phenoxy) is 1. The molecule has 3 rings (SSSR count). The third-order valence-electron chi connectivity index (χ3n) is 4.32. The van der Waals surface area contributed by atoms with Gasteiger partial charge in [0, 0.05) is 5.56 Å². The van der Waals surface area contributed by atoms with Crippen molar-refractivity contribution in [3.63, 3.8) is 0 Å². The van der Waals surface area contributed by atoms with Crippen molar-refractivity contribution in [3.8, 4) is 5.75 Å². The number of anilines is 1. The first-order chi connectivity index (χ1) is 12.9. The number of hydrogen-bond donors (Lipinski definition) is 0. The van der Waals surface area contributed by atoms with Crippen LogP contribution in [0.3, 0.4) is 0 Å². The van der Waals surface area contributed by atoms with Crippen molar-refractivity contribution in [2.45, 2.75) is 27.7 Å². The van der Waals surface area contributed by atoms with Gasteiger partial charge in [-0.2, -0.15) is 0 Å². The molecule has 0 atom stereocenters. The van der Waals surface area contributed by atoms with Crippen LogP contribution in [0, 0.1) is 19.8 Å². The Balaban J connectivity index is 1.90. The van der Waals surface area contributed by atoms with Crippen molar-refractivity contribution in [2.75, 3.05) is 11.5 Å². The molecule has 2 aromatic rings. The van der Waals surface area contributed by atoms with E-state index >= 15 is 0 Å². The Morgan fingerprint density at radius 2 is 1.89 bits per heavy atom. The van der Waals surface area contributed by atoms with Gasteiger partial charge in [0.05, 0.1) is 17.2 Å². The highest BCUT2D eigenvalue weighted by Gasteiger charge is 2.33. The van der Waals surface area contributed by atoms with Crippen LogP contribution in [0.1, 0.15) is 30.5 Å². The Morgan fingerprint density at radius 1 is 1.15 bits per heavy atom. The molecular formula is C22H23NO2S2. The number of benzene rings is 2. The summed E-state index contributed by atoms with van der Waals surface area (Å²) in [6.45, 7) is 8.94. The molecule has 140 valence electrons. The van der Waals surface area contributed by atoms with E-state index in [0.717, 1.165) is 22.6 Å². The van der Waals surface area contributed by atoms with Crippen molar-refractivity contribution in [3.05, 3.63) is 64.1 Å². The van der Waals surface area contributed by atoms with E-state index in [9.17, 15) is 4.79 Å². The molecular weight excluding hydrogens is 374 g/mol. The van der Waals surface area contributed by atoms with Gasteiger partial charge in [-0.05, 0) is 55.2 Å². The molecule has 1 aliphatic heterocycles. The number of rotatable bonds is 5. The smallest absolute Gasteiger partial charge is 0.270 e. The topological polar surface area (TPSA) is 29.5 Å². The summed E-state index contributed by atoms with van der Waals surface area (Å²) >= 11 is 6.81. The summed E-state index contributed by atoms with van der Waals surface area (Å²) in [7, 11) is 0. The van der Waals surface area contributed by atoms with Crippen LogP contribution in [0.4, 0.5) is 5.69 Å². The zero-order valence-corrected chi connectivity index (χ0v) is 17.6. The zero-order chi connectivity index (χ0) is 19.6. The van der Waals surface area contributed by atoms with Gasteiger partial charge in [-0.1, -0.05) is 62.1 Å². The number of nitrogens with zero attached hydrogens (tertiary/aromatic N) is 1. The first-order valence-electron chi connectivity index (χ1n) is 8.94. The summed E-state index contributed by atoms with van der Waals surface area (Å²) in [5.74, 6) is 1.12. The van der Waals surface area contributed by atoms with Crippen LogP contribution in [0.25, 0.3) is 6.08 Å². The summed E-state index contributed by atoms with van der Waals surface area (Å²) in [5, 5.41) is 0. The second-order valence-electron chi connectivity index (χ2n) is 7.03. The number of amides is 1. The van der Waals surface area contributed by atoms with Crippen LogP contribution in [0.15, 0.2) is 47.4 Å². The first kappa shape index (κ1) is 19.6. The molecule has 0 aromatic heterocycles.